The van der Waals surface area contributed by atoms with E-state index < -0.39 is 73.8 Å². The molecule has 1 aliphatic carbocycles. The Labute approximate surface area is 210 Å². The van der Waals surface area contributed by atoms with Gasteiger partial charge in [-0.1, -0.05) is 12.8 Å². The van der Waals surface area contributed by atoms with E-state index in [9.17, 15) is 44.3 Å². The molecule has 2 amide bonds. The van der Waals surface area contributed by atoms with Crippen LogP contribution in [0.5, 0.6) is 0 Å². The largest absolute Gasteiger partial charge is 0.444 e. The number of benzene rings is 1. The zero-order valence-electron chi connectivity index (χ0n) is 20.4. The summed E-state index contributed by atoms with van der Waals surface area (Å²) in [7, 11) is -5.08. The second-order valence-corrected chi connectivity index (χ2v) is 12.1. The predicted octanol–water partition coefficient (Wildman–Crippen LogP) is 5.20. The SMILES string of the molecule is CC(C)(C)OC(=O)N1CC2CCCCC(C1)C2C(=O)NS(=O)(=O)c1cc(C(F)(F)F)cc(C(F)(F)F)c1. The van der Waals surface area contributed by atoms with Crippen LogP contribution in [0.15, 0.2) is 23.1 Å². The molecule has 7 nitrogen and oxygen atoms in total. The molecule has 14 heteroatoms. The van der Waals surface area contributed by atoms with E-state index in [1.807, 2.05) is 0 Å². The number of rotatable bonds is 3. The lowest BCUT2D eigenvalue weighted by Crippen LogP contribution is -2.54. The Morgan fingerprint density at radius 2 is 1.35 bits per heavy atom. The molecule has 37 heavy (non-hydrogen) atoms. The number of sulfonamides is 1. The smallest absolute Gasteiger partial charge is 0.416 e. The van der Waals surface area contributed by atoms with Crippen molar-refractivity contribution in [1.82, 2.24) is 9.62 Å². The van der Waals surface area contributed by atoms with Crippen molar-refractivity contribution in [2.24, 2.45) is 17.8 Å². The molecule has 2 fully saturated rings. The third-order valence-electron chi connectivity index (χ3n) is 6.39. The van der Waals surface area contributed by atoms with Gasteiger partial charge in [-0.3, -0.25) is 4.79 Å². The van der Waals surface area contributed by atoms with Gasteiger partial charge in [-0.05, 0) is 63.6 Å². The quantitative estimate of drug-likeness (QED) is 0.515. The third-order valence-corrected chi connectivity index (χ3v) is 7.71. The molecule has 1 heterocycles. The van der Waals surface area contributed by atoms with Crippen molar-refractivity contribution in [3.05, 3.63) is 29.3 Å². The van der Waals surface area contributed by atoms with Gasteiger partial charge in [0, 0.05) is 19.0 Å². The lowest BCUT2D eigenvalue weighted by atomic mass is 9.76. The molecule has 0 spiro atoms. The van der Waals surface area contributed by atoms with Crippen LogP contribution in [0.25, 0.3) is 0 Å². The molecule has 1 saturated carbocycles. The first kappa shape index (κ1) is 29.1. The van der Waals surface area contributed by atoms with Crippen LogP contribution in [0.2, 0.25) is 0 Å². The molecule has 1 N–H and O–H groups in total. The zero-order valence-corrected chi connectivity index (χ0v) is 21.2. The van der Waals surface area contributed by atoms with E-state index in [4.69, 9.17) is 4.74 Å². The van der Waals surface area contributed by atoms with Crippen molar-refractivity contribution in [2.75, 3.05) is 13.1 Å². The number of carbonyl (C=O) groups is 2. The minimum Gasteiger partial charge on any atom is -0.444 e. The summed E-state index contributed by atoms with van der Waals surface area (Å²) in [6.45, 7) is 5.29. The van der Waals surface area contributed by atoms with Gasteiger partial charge in [-0.15, -0.1) is 0 Å². The number of carbonyl (C=O) groups excluding carboxylic acids is 2. The van der Waals surface area contributed by atoms with Crippen LogP contribution in [0.4, 0.5) is 31.1 Å². The Bertz CT molecular complexity index is 1100. The molecular formula is C23H28F6N2O5S. The average Bonchev–Trinajstić information content (AvgIpc) is 2.85. The molecule has 2 aliphatic rings. The number of hydrogen-bond acceptors (Lipinski definition) is 5. The maximum absolute atomic E-state index is 13.2. The fourth-order valence-corrected chi connectivity index (χ4v) is 5.94. The van der Waals surface area contributed by atoms with Gasteiger partial charge in [-0.25, -0.2) is 17.9 Å². The first-order chi connectivity index (χ1) is 16.8. The molecule has 1 aliphatic heterocycles. The highest BCUT2D eigenvalue weighted by molar-refractivity contribution is 7.90. The van der Waals surface area contributed by atoms with Gasteiger partial charge in [0.1, 0.15) is 5.60 Å². The lowest BCUT2D eigenvalue weighted by molar-refractivity contribution is -0.143. The molecule has 2 bridgehead atoms. The number of ether oxygens (including phenoxy) is 1. The number of fused-ring (bicyclic) bond motifs is 2. The Kier molecular flexibility index (Phi) is 7.84. The second kappa shape index (κ2) is 9.99. The van der Waals surface area contributed by atoms with Gasteiger partial charge < -0.3 is 9.64 Å². The summed E-state index contributed by atoms with van der Waals surface area (Å²) in [6.07, 6.45) is -8.70. The van der Waals surface area contributed by atoms with Gasteiger partial charge in [0.05, 0.1) is 16.0 Å². The van der Waals surface area contributed by atoms with Crippen molar-refractivity contribution in [3.63, 3.8) is 0 Å². The second-order valence-electron chi connectivity index (χ2n) is 10.4. The number of nitrogens with one attached hydrogen (secondary N) is 1. The number of likely N-dealkylation sites (tertiary alicyclic amines) is 1. The van der Waals surface area contributed by atoms with Crippen LogP contribution in [0.3, 0.4) is 0 Å². The van der Waals surface area contributed by atoms with E-state index in [1.165, 1.54) is 4.90 Å². The van der Waals surface area contributed by atoms with Crippen molar-refractivity contribution < 1.29 is 49.1 Å². The number of hydrogen-bond donors (Lipinski definition) is 1. The summed E-state index contributed by atoms with van der Waals surface area (Å²) >= 11 is 0. The molecule has 2 atom stereocenters. The highest BCUT2D eigenvalue weighted by atomic mass is 32.2. The summed E-state index contributed by atoms with van der Waals surface area (Å²) in [4.78, 5) is 25.9. The topological polar surface area (TPSA) is 92.8 Å². The summed E-state index contributed by atoms with van der Waals surface area (Å²) < 4.78 is 112. The highest BCUT2D eigenvalue weighted by Gasteiger charge is 2.45. The first-order valence-electron chi connectivity index (χ1n) is 11.6. The summed E-state index contributed by atoms with van der Waals surface area (Å²) in [5.41, 5.74) is -4.38. The van der Waals surface area contributed by atoms with E-state index >= 15 is 0 Å². The van der Waals surface area contributed by atoms with Gasteiger partial charge in [0.15, 0.2) is 0 Å². The maximum atomic E-state index is 13.2. The Morgan fingerprint density at radius 1 is 0.892 bits per heavy atom. The number of nitrogens with zero attached hydrogens (tertiary/aromatic N) is 1. The zero-order chi connectivity index (χ0) is 28.0. The van der Waals surface area contributed by atoms with Crippen LogP contribution < -0.4 is 4.72 Å². The molecule has 1 aromatic carbocycles. The normalized spacial score (nSPS) is 23.3. The van der Waals surface area contributed by atoms with Crippen molar-refractivity contribution in [3.8, 4) is 0 Å². The van der Waals surface area contributed by atoms with Crippen molar-refractivity contribution >= 4 is 22.0 Å². The third kappa shape index (κ3) is 7.08. The fraction of sp³-hybridized carbons (Fsp3) is 0.652. The Morgan fingerprint density at radius 3 is 1.76 bits per heavy atom. The number of amides is 2. The number of piperidine rings is 1. The van der Waals surface area contributed by atoms with Gasteiger partial charge in [0.25, 0.3) is 10.0 Å². The van der Waals surface area contributed by atoms with E-state index in [-0.39, 0.29) is 31.3 Å². The monoisotopic (exact) mass is 558 g/mol. The van der Waals surface area contributed by atoms with E-state index in [1.54, 1.807) is 25.5 Å². The van der Waals surface area contributed by atoms with Gasteiger partial charge in [-0.2, -0.15) is 26.3 Å². The Balaban J connectivity index is 1.88. The molecule has 1 aromatic rings. The summed E-state index contributed by atoms with van der Waals surface area (Å²) in [5, 5.41) is 0. The summed E-state index contributed by atoms with van der Waals surface area (Å²) in [6, 6.07) is -0.0756. The molecule has 0 radical (unpaired) electrons. The molecule has 1 saturated heterocycles. The standard InChI is InChI=1S/C23H28F6N2O5S/c1-21(2,3)36-20(33)31-11-13-6-4-5-7-14(12-31)18(13)19(32)30-37(34,35)17-9-15(22(24,25)26)8-16(10-17)23(27,28)29/h8-10,13-14,18H,4-7,11-12H2,1-3H3,(H,30,32). The van der Waals surface area contributed by atoms with E-state index in [0.29, 0.717) is 25.7 Å². The lowest BCUT2D eigenvalue weighted by Gasteiger charge is -2.42. The highest BCUT2D eigenvalue weighted by Crippen LogP contribution is 2.40. The predicted molar refractivity (Wildman–Crippen MR) is 119 cm³/mol. The van der Waals surface area contributed by atoms with Crippen molar-refractivity contribution in [2.45, 2.75) is 69.3 Å². The van der Waals surface area contributed by atoms with Crippen LogP contribution >= 0.6 is 0 Å². The molecule has 0 aromatic heterocycles. The average molecular weight is 559 g/mol. The van der Waals surface area contributed by atoms with E-state index in [2.05, 4.69) is 0 Å². The van der Waals surface area contributed by atoms with Crippen LogP contribution in [0, 0.1) is 17.8 Å². The fourth-order valence-electron chi connectivity index (χ4n) is 4.85. The van der Waals surface area contributed by atoms with E-state index in [0.717, 1.165) is 0 Å². The molecular weight excluding hydrogens is 530 g/mol. The molecule has 2 unspecified atom stereocenters. The maximum Gasteiger partial charge on any atom is 0.416 e. The first-order valence-corrected chi connectivity index (χ1v) is 13.1. The Hall–Kier alpha value is -2.51. The number of halogens is 6. The molecule has 3 rings (SSSR count). The van der Waals surface area contributed by atoms with Crippen LogP contribution in [-0.2, 0) is 31.9 Å². The minimum absolute atomic E-state index is 0.0585. The van der Waals surface area contributed by atoms with Gasteiger partial charge in [0.2, 0.25) is 5.91 Å². The summed E-state index contributed by atoms with van der Waals surface area (Å²) in [5.74, 6) is -2.84. The molecule has 208 valence electrons. The van der Waals surface area contributed by atoms with Crippen LogP contribution in [0.1, 0.15) is 57.6 Å². The van der Waals surface area contributed by atoms with Crippen LogP contribution in [-0.4, -0.2) is 44.0 Å². The van der Waals surface area contributed by atoms with Gasteiger partial charge >= 0.3 is 18.4 Å². The minimum atomic E-state index is -5.25. The number of alkyl halides is 6. The van der Waals surface area contributed by atoms with Crippen molar-refractivity contribution in [1.29, 1.82) is 0 Å².